The molecule has 1 aromatic heterocycles. The number of hydrogen-bond donors (Lipinski definition) is 1. The van der Waals surface area contributed by atoms with Gasteiger partial charge in [0, 0.05) is 12.4 Å². The van der Waals surface area contributed by atoms with Crippen LogP contribution in [0.1, 0.15) is 35.8 Å². The topological polar surface area (TPSA) is 51.2 Å². The van der Waals surface area contributed by atoms with E-state index in [9.17, 15) is 4.79 Å². The van der Waals surface area contributed by atoms with E-state index in [0.29, 0.717) is 0 Å². The summed E-state index contributed by atoms with van der Waals surface area (Å²) < 4.78 is 5.99. The van der Waals surface area contributed by atoms with Crippen LogP contribution in [0, 0.1) is 0 Å². The van der Waals surface area contributed by atoms with E-state index in [2.05, 4.69) is 10.3 Å². The van der Waals surface area contributed by atoms with Gasteiger partial charge in [0.25, 0.3) is 0 Å². The molecule has 3 rings (SSSR count). The van der Waals surface area contributed by atoms with E-state index in [4.69, 9.17) is 4.74 Å². The van der Waals surface area contributed by atoms with Crippen LogP contribution in [0.3, 0.4) is 0 Å². The van der Waals surface area contributed by atoms with Crippen molar-refractivity contribution in [1.82, 2.24) is 10.3 Å². The molecule has 1 unspecified atom stereocenters. The van der Waals surface area contributed by atoms with Gasteiger partial charge in [0.05, 0.1) is 6.04 Å². The highest BCUT2D eigenvalue weighted by molar-refractivity contribution is 5.77. The number of nitrogens with one attached hydrogen (secondary N) is 1. The molecule has 0 spiro atoms. The van der Waals surface area contributed by atoms with Gasteiger partial charge in [0.15, 0.2) is 0 Å². The van der Waals surface area contributed by atoms with Crippen molar-refractivity contribution in [2.75, 3.05) is 6.61 Å². The largest absolute Gasteiger partial charge is 0.359 e. The number of hydrogen-bond acceptors (Lipinski definition) is 3. The predicted molar refractivity (Wildman–Crippen MR) is 101 cm³/mol. The van der Waals surface area contributed by atoms with Gasteiger partial charge in [-0.2, -0.15) is 0 Å². The Kier molecular flexibility index (Phi) is 6.12. The van der Waals surface area contributed by atoms with Crippen LogP contribution >= 0.6 is 0 Å². The van der Waals surface area contributed by atoms with E-state index >= 15 is 0 Å². The van der Waals surface area contributed by atoms with E-state index in [1.807, 2.05) is 79.7 Å². The first-order chi connectivity index (χ1) is 12.7. The van der Waals surface area contributed by atoms with Crippen LogP contribution in [0.5, 0.6) is 0 Å². The number of carbonyl (C=O) groups is 1. The second-order valence-electron chi connectivity index (χ2n) is 6.09. The molecule has 132 valence electrons. The van der Waals surface area contributed by atoms with Gasteiger partial charge in [0.1, 0.15) is 12.7 Å². The summed E-state index contributed by atoms with van der Waals surface area (Å²) in [6.07, 6.45) is 3.19. The van der Waals surface area contributed by atoms with Gasteiger partial charge in [-0.15, -0.1) is 0 Å². The summed E-state index contributed by atoms with van der Waals surface area (Å²) in [5, 5.41) is 2.95. The molecule has 0 aliphatic carbocycles. The lowest BCUT2D eigenvalue weighted by atomic mass is 10.0. The molecule has 1 N–H and O–H groups in total. The Bertz CT molecular complexity index is 768. The van der Waals surface area contributed by atoms with Crippen LogP contribution in [0.15, 0.2) is 85.2 Å². The minimum atomic E-state index is -0.281. The van der Waals surface area contributed by atoms with E-state index < -0.39 is 0 Å². The fraction of sp³-hybridized carbons (Fsp3) is 0.182. The van der Waals surface area contributed by atoms with Crippen LogP contribution in [-0.2, 0) is 9.53 Å². The minimum Gasteiger partial charge on any atom is -0.359 e. The predicted octanol–water partition coefficient (Wildman–Crippen LogP) is 4.07. The summed E-state index contributed by atoms with van der Waals surface area (Å²) >= 11 is 0. The number of benzene rings is 2. The van der Waals surface area contributed by atoms with Gasteiger partial charge < -0.3 is 10.1 Å². The highest BCUT2D eigenvalue weighted by Crippen LogP contribution is 2.25. The van der Waals surface area contributed by atoms with Crippen LogP contribution in [-0.4, -0.2) is 17.5 Å². The zero-order chi connectivity index (χ0) is 18.2. The number of carbonyl (C=O) groups excluding carboxylic acids is 1. The highest BCUT2D eigenvalue weighted by atomic mass is 16.5. The fourth-order valence-corrected chi connectivity index (χ4v) is 2.80. The average molecular weight is 346 g/mol. The van der Waals surface area contributed by atoms with Crippen LogP contribution in [0.4, 0.5) is 0 Å². The van der Waals surface area contributed by atoms with E-state index in [1.54, 1.807) is 12.4 Å². The first-order valence-corrected chi connectivity index (χ1v) is 8.65. The Balaban J connectivity index is 1.65. The molecule has 1 atom stereocenters. The van der Waals surface area contributed by atoms with Gasteiger partial charge in [-0.05, 0) is 29.7 Å². The van der Waals surface area contributed by atoms with Gasteiger partial charge in [-0.3, -0.25) is 9.78 Å². The Morgan fingerprint density at radius 3 is 2.04 bits per heavy atom. The summed E-state index contributed by atoms with van der Waals surface area (Å²) in [4.78, 5) is 16.4. The van der Waals surface area contributed by atoms with Gasteiger partial charge in [-0.1, -0.05) is 66.7 Å². The van der Waals surface area contributed by atoms with Gasteiger partial charge in [-0.25, -0.2) is 0 Å². The van der Waals surface area contributed by atoms with Crippen molar-refractivity contribution in [3.63, 3.8) is 0 Å². The van der Waals surface area contributed by atoms with Crippen LogP contribution < -0.4 is 5.32 Å². The first kappa shape index (κ1) is 17.8. The number of rotatable bonds is 7. The summed E-state index contributed by atoms with van der Waals surface area (Å²) in [5.74, 6) is -0.154. The summed E-state index contributed by atoms with van der Waals surface area (Å²) in [6, 6.07) is 23.5. The van der Waals surface area contributed by atoms with Crippen LogP contribution in [0.2, 0.25) is 0 Å². The van der Waals surface area contributed by atoms with Crippen molar-refractivity contribution in [1.29, 1.82) is 0 Å². The van der Waals surface area contributed by atoms with Crippen molar-refractivity contribution < 1.29 is 9.53 Å². The monoisotopic (exact) mass is 346 g/mol. The molecule has 0 bridgehead atoms. The molecule has 0 aliphatic rings. The van der Waals surface area contributed by atoms with Crippen LogP contribution in [0.25, 0.3) is 0 Å². The lowest BCUT2D eigenvalue weighted by Gasteiger charge is -2.20. The lowest BCUT2D eigenvalue weighted by Crippen LogP contribution is -2.31. The molecule has 4 heteroatoms. The average Bonchev–Trinajstić information content (AvgIpc) is 2.70. The molecule has 0 saturated carbocycles. The zero-order valence-electron chi connectivity index (χ0n) is 14.7. The molecule has 0 fully saturated rings. The molecule has 0 radical (unpaired) electrons. The normalized spacial score (nSPS) is 11.9. The van der Waals surface area contributed by atoms with Gasteiger partial charge >= 0.3 is 0 Å². The Hall–Kier alpha value is -2.98. The molecular formula is C22H22N2O2. The SMILES string of the molecule is CC(NC(=O)COC(c1ccccc1)c1ccccc1)c1cccnc1. The molecule has 26 heavy (non-hydrogen) atoms. The second-order valence-corrected chi connectivity index (χ2v) is 6.09. The maximum absolute atomic E-state index is 12.3. The minimum absolute atomic E-state index is 0.0148. The third-order valence-electron chi connectivity index (χ3n) is 4.15. The van der Waals surface area contributed by atoms with E-state index in [0.717, 1.165) is 16.7 Å². The van der Waals surface area contributed by atoms with E-state index in [-0.39, 0.29) is 24.7 Å². The molecule has 1 heterocycles. The molecule has 4 nitrogen and oxygen atoms in total. The third-order valence-corrected chi connectivity index (χ3v) is 4.15. The van der Waals surface area contributed by atoms with Crippen molar-refractivity contribution in [3.8, 4) is 0 Å². The standard InChI is InChI=1S/C22H22N2O2/c1-17(20-13-8-14-23-15-20)24-21(25)16-26-22(18-9-4-2-5-10-18)19-11-6-3-7-12-19/h2-15,17,22H,16H2,1H3,(H,24,25). The summed E-state index contributed by atoms with van der Waals surface area (Å²) in [7, 11) is 0. The van der Waals surface area contributed by atoms with Crippen molar-refractivity contribution in [2.45, 2.75) is 19.1 Å². The maximum Gasteiger partial charge on any atom is 0.246 e. The smallest absolute Gasteiger partial charge is 0.246 e. The second kappa shape index (κ2) is 8.92. The summed E-state index contributed by atoms with van der Waals surface area (Å²) in [5.41, 5.74) is 3.00. The number of aromatic nitrogens is 1. The van der Waals surface area contributed by atoms with Crippen molar-refractivity contribution >= 4 is 5.91 Å². The Morgan fingerprint density at radius 2 is 1.50 bits per heavy atom. The molecule has 0 saturated heterocycles. The molecule has 3 aromatic rings. The Morgan fingerprint density at radius 1 is 0.923 bits per heavy atom. The van der Waals surface area contributed by atoms with Crippen molar-refractivity contribution in [2.24, 2.45) is 0 Å². The molecule has 0 aliphatic heterocycles. The number of pyridine rings is 1. The zero-order valence-corrected chi connectivity index (χ0v) is 14.7. The van der Waals surface area contributed by atoms with Gasteiger partial charge in [0.2, 0.25) is 5.91 Å². The fourth-order valence-electron chi connectivity index (χ4n) is 2.80. The molecule has 2 aromatic carbocycles. The maximum atomic E-state index is 12.3. The third kappa shape index (κ3) is 4.77. The quantitative estimate of drug-likeness (QED) is 0.702. The molecule has 1 amide bonds. The van der Waals surface area contributed by atoms with E-state index in [1.165, 1.54) is 0 Å². The number of ether oxygens (including phenoxy) is 1. The molecular weight excluding hydrogens is 324 g/mol. The summed E-state index contributed by atoms with van der Waals surface area (Å²) in [6.45, 7) is 1.92. The number of nitrogens with zero attached hydrogens (tertiary/aromatic N) is 1. The Labute approximate surface area is 153 Å². The lowest BCUT2D eigenvalue weighted by molar-refractivity contribution is -0.127. The number of amides is 1. The van der Waals surface area contributed by atoms with Crippen molar-refractivity contribution in [3.05, 3.63) is 102 Å². The first-order valence-electron chi connectivity index (χ1n) is 8.65. The highest BCUT2D eigenvalue weighted by Gasteiger charge is 2.17.